The Labute approximate surface area is 135 Å². The molecule has 3 rings (SSSR count). The molecule has 1 atom stereocenters. The highest BCUT2D eigenvalue weighted by Crippen LogP contribution is 2.22. The van der Waals surface area contributed by atoms with Gasteiger partial charge in [-0.05, 0) is 49.0 Å². The van der Waals surface area contributed by atoms with Crippen molar-refractivity contribution in [3.05, 3.63) is 52.0 Å². The van der Waals surface area contributed by atoms with Crippen LogP contribution < -0.4 is 5.32 Å². The molecule has 4 nitrogen and oxygen atoms in total. The first kappa shape index (κ1) is 15.6. The number of nitrogens with one attached hydrogen (secondary N) is 1. The largest absolute Gasteiger partial charge is 0.387 e. The smallest absolute Gasteiger partial charge is 0.0909 e. The van der Waals surface area contributed by atoms with E-state index in [-0.39, 0.29) is 0 Å². The zero-order valence-electron chi connectivity index (χ0n) is 13.0. The van der Waals surface area contributed by atoms with Crippen molar-refractivity contribution in [2.45, 2.75) is 32.0 Å². The molecular weight excluding hydrogens is 294 g/mol. The molecule has 0 spiro atoms. The zero-order valence-corrected chi connectivity index (χ0v) is 13.8. The van der Waals surface area contributed by atoms with E-state index >= 15 is 0 Å². The molecule has 1 aliphatic rings. The summed E-state index contributed by atoms with van der Waals surface area (Å²) in [5.74, 6) is 0. The number of aliphatic hydroxyl groups is 1. The van der Waals surface area contributed by atoms with Gasteiger partial charge in [-0.25, -0.2) is 0 Å². The second-order valence-corrected chi connectivity index (χ2v) is 7.14. The van der Waals surface area contributed by atoms with Crippen LogP contribution in [0.5, 0.6) is 0 Å². The van der Waals surface area contributed by atoms with E-state index in [4.69, 9.17) is 0 Å². The fourth-order valence-corrected chi connectivity index (χ4v) is 3.89. The lowest BCUT2D eigenvalue weighted by molar-refractivity contribution is 0.0156. The van der Waals surface area contributed by atoms with E-state index in [2.05, 4.69) is 33.6 Å². The summed E-state index contributed by atoms with van der Waals surface area (Å²) in [5.41, 5.74) is 1.75. The molecule has 0 aromatic carbocycles. The number of hydrogen-bond donors (Lipinski definition) is 2. The van der Waals surface area contributed by atoms with E-state index in [9.17, 15) is 5.11 Å². The van der Waals surface area contributed by atoms with Crippen LogP contribution in [-0.2, 0) is 13.1 Å². The second-order valence-electron chi connectivity index (χ2n) is 6.14. The van der Waals surface area contributed by atoms with Crippen molar-refractivity contribution in [1.82, 2.24) is 15.2 Å². The standard InChI is InChI=1S/C17H23N3OS/c1-14-5-9-22-16(14)11-20(10-15-4-2-3-7-19-15)13-17(21)6-8-18-12-17/h2-5,7,9,18,21H,6,8,10-13H2,1H3/t17-/m0/s1. The highest BCUT2D eigenvalue weighted by molar-refractivity contribution is 7.10. The molecule has 0 radical (unpaired) electrons. The van der Waals surface area contributed by atoms with Crippen molar-refractivity contribution in [1.29, 1.82) is 0 Å². The summed E-state index contributed by atoms with van der Waals surface area (Å²) < 4.78 is 0. The quantitative estimate of drug-likeness (QED) is 0.857. The Balaban J connectivity index is 1.74. The molecule has 0 aliphatic carbocycles. The van der Waals surface area contributed by atoms with E-state index in [0.717, 1.165) is 31.7 Å². The predicted molar refractivity (Wildman–Crippen MR) is 89.8 cm³/mol. The predicted octanol–water partition coefficient (Wildman–Crippen LogP) is 2.18. The van der Waals surface area contributed by atoms with Crippen LogP contribution >= 0.6 is 11.3 Å². The van der Waals surface area contributed by atoms with Gasteiger partial charge in [0.25, 0.3) is 0 Å². The molecular formula is C17H23N3OS. The van der Waals surface area contributed by atoms with Crippen LogP contribution in [0.3, 0.4) is 0 Å². The molecule has 2 N–H and O–H groups in total. The molecule has 2 aromatic heterocycles. The van der Waals surface area contributed by atoms with Gasteiger partial charge in [-0.2, -0.15) is 0 Å². The molecule has 1 aliphatic heterocycles. The number of pyridine rings is 1. The molecule has 3 heterocycles. The number of aryl methyl sites for hydroxylation is 1. The first-order chi connectivity index (χ1) is 10.6. The van der Waals surface area contributed by atoms with Crippen molar-refractivity contribution in [3.63, 3.8) is 0 Å². The number of nitrogens with zero attached hydrogens (tertiary/aromatic N) is 2. The van der Waals surface area contributed by atoms with Gasteiger partial charge in [-0.15, -0.1) is 11.3 Å². The zero-order chi connectivity index (χ0) is 15.4. The lowest BCUT2D eigenvalue weighted by Gasteiger charge is -2.30. The van der Waals surface area contributed by atoms with Gasteiger partial charge in [-0.1, -0.05) is 6.07 Å². The van der Waals surface area contributed by atoms with E-state index in [1.165, 1.54) is 10.4 Å². The summed E-state index contributed by atoms with van der Waals surface area (Å²) in [7, 11) is 0. The minimum absolute atomic E-state index is 0.625. The Morgan fingerprint density at radius 2 is 2.27 bits per heavy atom. The number of hydrogen-bond acceptors (Lipinski definition) is 5. The van der Waals surface area contributed by atoms with Gasteiger partial charge in [0.05, 0.1) is 11.3 Å². The molecule has 5 heteroatoms. The van der Waals surface area contributed by atoms with Gasteiger partial charge in [0.2, 0.25) is 0 Å². The third-order valence-corrected chi connectivity index (χ3v) is 5.19. The Morgan fingerprint density at radius 1 is 1.36 bits per heavy atom. The van der Waals surface area contributed by atoms with E-state index in [1.54, 1.807) is 11.3 Å². The maximum absolute atomic E-state index is 10.7. The van der Waals surface area contributed by atoms with Gasteiger partial charge in [0, 0.05) is 37.3 Å². The maximum Gasteiger partial charge on any atom is 0.0909 e. The Hall–Kier alpha value is -1.27. The molecule has 0 unspecified atom stereocenters. The lowest BCUT2D eigenvalue weighted by atomic mass is 10.0. The SMILES string of the molecule is Cc1ccsc1CN(Cc1ccccn1)C[C@]1(O)CCNC1. The highest BCUT2D eigenvalue weighted by Gasteiger charge is 2.33. The minimum Gasteiger partial charge on any atom is -0.387 e. The van der Waals surface area contributed by atoms with Crippen molar-refractivity contribution in [2.75, 3.05) is 19.6 Å². The lowest BCUT2D eigenvalue weighted by Crippen LogP contribution is -2.44. The average Bonchev–Trinajstić information content (AvgIpc) is 3.10. The molecule has 1 saturated heterocycles. The van der Waals surface area contributed by atoms with Crippen molar-refractivity contribution < 1.29 is 5.11 Å². The summed E-state index contributed by atoms with van der Waals surface area (Å²) in [4.78, 5) is 8.11. The fraction of sp³-hybridized carbons (Fsp3) is 0.471. The van der Waals surface area contributed by atoms with Gasteiger partial charge in [-0.3, -0.25) is 9.88 Å². The maximum atomic E-state index is 10.7. The monoisotopic (exact) mass is 317 g/mol. The van der Waals surface area contributed by atoms with Crippen LogP contribution in [0.25, 0.3) is 0 Å². The van der Waals surface area contributed by atoms with Gasteiger partial charge < -0.3 is 10.4 Å². The molecule has 1 fully saturated rings. The van der Waals surface area contributed by atoms with Crippen LogP contribution in [-0.4, -0.2) is 40.2 Å². The third-order valence-electron chi connectivity index (χ3n) is 4.19. The van der Waals surface area contributed by atoms with Gasteiger partial charge in [0.1, 0.15) is 0 Å². The molecule has 0 saturated carbocycles. The molecule has 118 valence electrons. The number of β-amino-alcohol motifs (C(OH)–C–C–N with tert-alkyl or cyclic N) is 1. The van der Waals surface area contributed by atoms with Crippen molar-refractivity contribution >= 4 is 11.3 Å². The van der Waals surface area contributed by atoms with Crippen molar-refractivity contribution in [2.24, 2.45) is 0 Å². The first-order valence-corrected chi connectivity index (χ1v) is 8.61. The van der Waals surface area contributed by atoms with Crippen LogP contribution in [0, 0.1) is 6.92 Å². The molecule has 2 aromatic rings. The topological polar surface area (TPSA) is 48.4 Å². The number of thiophene rings is 1. The summed E-state index contributed by atoms with van der Waals surface area (Å²) in [6.45, 7) is 6.02. The molecule has 0 amide bonds. The Morgan fingerprint density at radius 3 is 2.91 bits per heavy atom. The summed E-state index contributed by atoms with van der Waals surface area (Å²) in [5, 5.41) is 16.1. The van der Waals surface area contributed by atoms with E-state index < -0.39 is 5.60 Å². The third kappa shape index (κ3) is 3.93. The van der Waals surface area contributed by atoms with Crippen LogP contribution in [0.15, 0.2) is 35.8 Å². The summed E-state index contributed by atoms with van der Waals surface area (Å²) >= 11 is 1.79. The first-order valence-electron chi connectivity index (χ1n) is 7.73. The van der Waals surface area contributed by atoms with Crippen molar-refractivity contribution in [3.8, 4) is 0 Å². The molecule has 22 heavy (non-hydrogen) atoms. The van der Waals surface area contributed by atoms with Crippen LogP contribution in [0.2, 0.25) is 0 Å². The summed E-state index contributed by atoms with van der Waals surface area (Å²) in [6, 6.07) is 8.16. The van der Waals surface area contributed by atoms with Crippen LogP contribution in [0.4, 0.5) is 0 Å². The van der Waals surface area contributed by atoms with Gasteiger partial charge >= 0.3 is 0 Å². The highest BCUT2D eigenvalue weighted by atomic mass is 32.1. The van der Waals surface area contributed by atoms with E-state index in [1.807, 2.05) is 24.4 Å². The summed E-state index contributed by atoms with van der Waals surface area (Å²) in [6.07, 6.45) is 2.64. The van der Waals surface area contributed by atoms with Crippen LogP contribution in [0.1, 0.15) is 22.6 Å². The minimum atomic E-state index is -0.625. The average molecular weight is 317 g/mol. The number of rotatable bonds is 6. The van der Waals surface area contributed by atoms with E-state index in [0.29, 0.717) is 13.1 Å². The molecule has 0 bridgehead atoms. The normalized spacial score (nSPS) is 21.6. The Kier molecular flexibility index (Phi) is 4.88. The second kappa shape index (κ2) is 6.87. The Bertz CT molecular complexity index is 593. The number of aromatic nitrogens is 1. The fourth-order valence-electron chi connectivity index (χ4n) is 2.94. The van der Waals surface area contributed by atoms with Gasteiger partial charge in [0.15, 0.2) is 0 Å².